The number of aromatic nitrogens is 3. The number of hydrogen-bond acceptors (Lipinski definition) is 7. The Morgan fingerprint density at radius 2 is 1.47 bits per heavy atom. The van der Waals surface area contributed by atoms with Gasteiger partial charge in [0.25, 0.3) is 0 Å². The third-order valence-electron chi connectivity index (χ3n) is 6.07. The Morgan fingerprint density at radius 1 is 0.882 bits per heavy atom. The Hall–Kier alpha value is -3.78. The molecule has 1 saturated heterocycles. The molecule has 0 aliphatic carbocycles. The Balaban J connectivity index is 1.54. The van der Waals surface area contributed by atoms with Gasteiger partial charge in [0, 0.05) is 44.6 Å². The highest BCUT2D eigenvalue weighted by Gasteiger charge is 2.20. The van der Waals surface area contributed by atoms with Gasteiger partial charge in [-0.2, -0.15) is 0 Å². The Morgan fingerprint density at radius 3 is 2.03 bits per heavy atom. The SMILES string of the molecule is COc1ccc(CN(Cc2ccc(OC)cc2)c2cc(N3CCOCC3)nn3ccnc23)cc1. The van der Waals surface area contributed by atoms with Gasteiger partial charge < -0.3 is 24.0 Å². The van der Waals surface area contributed by atoms with E-state index >= 15 is 0 Å². The van der Waals surface area contributed by atoms with Crippen LogP contribution in [-0.4, -0.2) is 55.1 Å². The standard InChI is InChI=1S/C26H29N5O3/c1-32-22-7-3-20(4-8-22)18-30(19-21-5-9-23(33-2)10-6-21)24-17-25(29-13-15-34-16-14-29)28-31-12-11-27-26(24)31/h3-12,17H,13-16,18-19H2,1-2H3. The number of imidazole rings is 1. The molecule has 3 heterocycles. The normalized spacial score (nSPS) is 13.8. The van der Waals surface area contributed by atoms with Gasteiger partial charge in [0.05, 0.1) is 33.1 Å². The number of anilines is 2. The second-order valence-corrected chi connectivity index (χ2v) is 8.23. The molecule has 1 aliphatic rings. The van der Waals surface area contributed by atoms with Gasteiger partial charge in [0.15, 0.2) is 11.5 Å². The van der Waals surface area contributed by atoms with Crippen molar-refractivity contribution in [3.8, 4) is 11.5 Å². The highest BCUT2D eigenvalue weighted by Crippen LogP contribution is 2.29. The summed E-state index contributed by atoms with van der Waals surface area (Å²) in [5, 5.41) is 4.83. The van der Waals surface area contributed by atoms with Gasteiger partial charge in [-0.15, -0.1) is 5.10 Å². The molecule has 0 N–H and O–H groups in total. The molecule has 0 unspecified atom stereocenters. The van der Waals surface area contributed by atoms with Gasteiger partial charge in [-0.3, -0.25) is 0 Å². The second kappa shape index (κ2) is 10.0. The molecule has 0 spiro atoms. The van der Waals surface area contributed by atoms with Crippen molar-refractivity contribution in [2.45, 2.75) is 13.1 Å². The van der Waals surface area contributed by atoms with Crippen LogP contribution < -0.4 is 19.3 Å². The maximum Gasteiger partial charge on any atom is 0.177 e. The number of benzene rings is 2. The van der Waals surface area contributed by atoms with Crippen molar-refractivity contribution >= 4 is 17.2 Å². The van der Waals surface area contributed by atoms with Crippen molar-refractivity contribution in [1.82, 2.24) is 14.6 Å². The lowest BCUT2D eigenvalue weighted by atomic mass is 10.1. The van der Waals surface area contributed by atoms with Gasteiger partial charge in [0.2, 0.25) is 0 Å². The zero-order valence-electron chi connectivity index (χ0n) is 19.6. The topological polar surface area (TPSA) is 64.4 Å². The number of hydrogen-bond donors (Lipinski definition) is 0. The van der Waals surface area contributed by atoms with Crippen LogP contribution in [0.1, 0.15) is 11.1 Å². The molecule has 8 heteroatoms. The Bertz CT molecular complexity index is 1170. The van der Waals surface area contributed by atoms with Crippen molar-refractivity contribution in [3.63, 3.8) is 0 Å². The van der Waals surface area contributed by atoms with Gasteiger partial charge in [-0.1, -0.05) is 24.3 Å². The van der Waals surface area contributed by atoms with E-state index in [1.165, 1.54) is 11.1 Å². The van der Waals surface area contributed by atoms with E-state index in [0.29, 0.717) is 26.3 Å². The summed E-state index contributed by atoms with van der Waals surface area (Å²) in [5.74, 6) is 2.62. The highest BCUT2D eigenvalue weighted by molar-refractivity contribution is 5.72. The first kappa shape index (κ1) is 22.0. The smallest absolute Gasteiger partial charge is 0.177 e. The van der Waals surface area contributed by atoms with E-state index < -0.39 is 0 Å². The summed E-state index contributed by atoms with van der Waals surface area (Å²) in [5.41, 5.74) is 4.24. The molecular formula is C26H29N5O3. The van der Waals surface area contributed by atoms with Crippen molar-refractivity contribution in [2.75, 3.05) is 50.3 Å². The van der Waals surface area contributed by atoms with Crippen molar-refractivity contribution in [3.05, 3.63) is 78.1 Å². The third kappa shape index (κ3) is 4.77. The van der Waals surface area contributed by atoms with Crippen LogP contribution in [-0.2, 0) is 17.8 Å². The van der Waals surface area contributed by atoms with E-state index in [-0.39, 0.29) is 0 Å². The first-order chi connectivity index (χ1) is 16.7. The maximum absolute atomic E-state index is 5.55. The number of morpholine rings is 1. The van der Waals surface area contributed by atoms with E-state index in [4.69, 9.17) is 19.3 Å². The van der Waals surface area contributed by atoms with Crippen LogP contribution in [0.5, 0.6) is 11.5 Å². The van der Waals surface area contributed by atoms with E-state index in [9.17, 15) is 0 Å². The molecule has 1 fully saturated rings. The minimum atomic E-state index is 0.709. The average molecular weight is 460 g/mol. The van der Waals surface area contributed by atoms with Crippen LogP contribution in [0.3, 0.4) is 0 Å². The summed E-state index contributed by atoms with van der Waals surface area (Å²) in [4.78, 5) is 9.25. The first-order valence-corrected chi connectivity index (χ1v) is 11.4. The summed E-state index contributed by atoms with van der Waals surface area (Å²) < 4.78 is 18.1. The monoisotopic (exact) mass is 459 g/mol. The van der Waals surface area contributed by atoms with E-state index in [0.717, 1.165) is 41.7 Å². The molecule has 0 bridgehead atoms. The van der Waals surface area contributed by atoms with E-state index in [1.54, 1.807) is 20.4 Å². The minimum Gasteiger partial charge on any atom is -0.497 e. The second-order valence-electron chi connectivity index (χ2n) is 8.23. The van der Waals surface area contributed by atoms with Crippen LogP contribution in [0.15, 0.2) is 67.0 Å². The summed E-state index contributed by atoms with van der Waals surface area (Å²) in [6.45, 7) is 4.49. The molecule has 8 nitrogen and oxygen atoms in total. The fourth-order valence-corrected chi connectivity index (χ4v) is 4.20. The van der Waals surface area contributed by atoms with Crippen LogP contribution in [0.25, 0.3) is 5.65 Å². The zero-order chi connectivity index (χ0) is 23.3. The fraction of sp³-hybridized carbons (Fsp3) is 0.308. The van der Waals surface area contributed by atoms with Crippen molar-refractivity contribution in [2.24, 2.45) is 0 Å². The molecule has 176 valence electrons. The number of ether oxygens (including phenoxy) is 3. The largest absolute Gasteiger partial charge is 0.497 e. The molecule has 2 aromatic heterocycles. The minimum absolute atomic E-state index is 0.709. The summed E-state index contributed by atoms with van der Waals surface area (Å²) in [7, 11) is 3.37. The molecular weight excluding hydrogens is 430 g/mol. The Labute approximate surface area is 199 Å². The van der Waals surface area contributed by atoms with Crippen molar-refractivity contribution in [1.29, 1.82) is 0 Å². The molecule has 5 rings (SSSR count). The number of methoxy groups -OCH3 is 2. The fourth-order valence-electron chi connectivity index (χ4n) is 4.20. The molecule has 0 amide bonds. The predicted octanol–water partition coefficient (Wildman–Crippen LogP) is 3.79. The quantitative estimate of drug-likeness (QED) is 0.397. The molecule has 34 heavy (non-hydrogen) atoms. The number of nitrogens with zero attached hydrogens (tertiary/aromatic N) is 5. The van der Waals surface area contributed by atoms with E-state index in [2.05, 4.69) is 45.1 Å². The van der Waals surface area contributed by atoms with Crippen LogP contribution in [0, 0.1) is 0 Å². The van der Waals surface area contributed by atoms with Gasteiger partial charge in [0.1, 0.15) is 11.5 Å². The molecule has 1 aliphatic heterocycles. The van der Waals surface area contributed by atoms with Gasteiger partial charge >= 0.3 is 0 Å². The highest BCUT2D eigenvalue weighted by atomic mass is 16.5. The first-order valence-electron chi connectivity index (χ1n) is 11.4. The maximum atomic E-state index is 5.55. The lowest BCUT2D eigenvalue weighted by molar-refractivity contribution is 0.122. The van der Waals surface area contributed by atoms with Crippen LogP contribution in [0.4, 0.5) is 11.5 Å². The molecule has 2 aromatic carbocycles. The summed E-state index contributed by atoms with van der Waals surface area (Å²) in [6.07, 6.45) is 3.70. The van der Waals surface area contributed by atoms with Gasteiger partial charge in [-0.25, -0.2) is 9.50 Å². The van der Waals surface area contributed by atoms with Crippen molar-refractivity contribution < 1.29 is 14.2 Å². The Kier molecular flexibility index (Phi) is 6.49. The summed E-state index contributed by atoms with van der Waals surface area (Å²) in [6, 6.07) is 18.6. The molecule has 0 radical (unpaired) electrons. The van der Waals surface area contributed by atoms with E-state index in [1.807, 2.05) is 35.0 Å². The molecule has 4 aromatic rings. The van der Waals surface area contributed by atoms with Gasteiger partial charge in [-0.05, 0) is 35.4 Å². The number of fused-ring (bicyclic) bond motifs is 1. The number of rotatable bonds is 8. The van der Waals surface area contributed by atoms with Crippen LogP contribution >= 0.6 is 0 Å². The lowest BCUT2D eigenvalue weighted by Crippen LogP contribution is -2.37. The predicted molar refractivity (Wildman–Crippen MR) is 132 cm³/mol. The molecule has 0 saturated carbocycles. The zero-order valence-corrected chi connectivity index (χ0v) is 19.6. The van der Waals surface area contributed by atoms with Crippen LogP contribution in [0.2, 0.25) is 0 Å². The lowest BCUT2D eigenvalue weighted by Gasteiger charge is -2.30. The third-order valence-corrected chi connectivity index (χ3v) is 6.07. The summed E-state index contributed by atoms with van der Waals surface area (Å²) >= 11 is 0. The molecule has 0 atom stereocenters. The average Bonchev–Trinajstić information content (AvgIpc) is 3.38.